The molecular formula is C25H27N3O4S. The van der Waals surface area contributed by atoms with Gasteiger partial charge in [-0.25, -0.2) is 4.79 Å². The largest absolute Gasteiger partial charge is 0.497 e. The summed E-state index contributed by atoms with van der Waals surface area (Å²) >= 11 is 1.45. The molecule has 8 heteroatoms. The highest BCUT2D eigenvalue weighted by Crippen LogP contribution is 2.30. The molecule has 0 saturated carbocycles. The molecule has 0 aliphatic carbocycles. The van der Waals surface area contributed by atoms with Crippen molar-refractivity contribution < 1.29 is 19.1 Å². The van der Waals surface area contributed by atoms with E-state index >= 15 is 0 Å². The van der Waals surface area contributed by atoms with Crippen LogP contribution in [0, 0.1) is 13.8 Å². The van der Waals surface area contributed by atoms with Gasteiger partial charge in [-0.3, -0.25) is 14.5 Å². The lowest BCUT2D eigenvalue weighted by atomic mass is 9.95. The molecule has 1 saturated heterocycles. The summed E-state index contributed by atoms with van der Waals surface area (Å²) in [7, 11) is 1.64. The number of ketones is 1. The van der Waals surface area contributed by atoms with E-state index in [1.54, 1.807) is 14.0 Å². The molecule has 1 fully saturated rings. The maximum absolute atomic E-state index is 13.1. The van der Waals surface area contributed by atoms with E-state index in [-0.39, 0.29) is 12.3 Å². The van der Waals surface area contributed by atoms with Crippen molar-refractivity contribution in [3.63, 3.8) is 0 Å². The van der Waals surface area contributed by atoms with Crippen LogP contribution in [-0.4, -0.2) is 40.8 Å². The predicted octanol–water partition coefficient (Wildman–Crippen LogP) is 4.07. The molecule has 33 heavy (non-hydrogen) atoms. The third-order valence-electron chi connectivity index (χ3n) is 6.33. The summed E-state index contributed by atoms with van der Waals surface area (Å²) in [6, 6.07) is 11.0. The summed E-state index contributed by atoms with van der Waals surface area (Å²) in [6.45, 7) is 5.96. The Morgan fingerprint density at radius 2 is 1.88 bits per heavy atom. The van der Waals surface area contributed by atoms with Crippen LogP contribution in [0.2, 0.25) is 0 Å². The van der Waals surface area contributed by atoms with Crippen LogP contribution in [0.25, 0.3) is 0 Å². The Morgan fingerprint density at radius 3 is 2.52 bits per heavy atom. The number of ether oxygens (including phenoxy) is 1. The van der Waals surface area contributed by atoms with Crippen LogP contribution in [0.3, 0.4) is 0 Å². The first-order valence-corrected chi connectivity index (χ1v) is 11.7. The molecule has 3 amide bonds. The molecule has 0 bridgehead atoms. The number of urea groups is 1. The van der Waals surface area contributed by atoms with Crippen molar-refractivity contribution in [1.29, 1.82) is 0 Å². The molecular weight excluding hydrogens is 438 g/mol. The molecule has 0 radical (unpaired) electrons. The molecule has 3 heterocycles. The van der Waals surface area contributed by atoms with E-state index in [9.17, 15) is 14.4 Å². The number of methoxy groups -OCH3 is 1. The molecule has 1 unspecified atom stereocenters. The molecule has 1 aliphatic rings. The fraction of sp³-hybridized carbons (Fsp3) is 0.320. The van der Waals surface area contributed by atoms with Gasteiger partial charge in [0.25, 0.3) is 5.91 Å². The second-order valence-electron chi connectivity index (χ2n) is 8.42. The number of carbonyl (C=O) groups excluding carboxylic acids is 3. The molecule has 1 N–H and O–H groups in total. The summed E-state index contributed by atoms with van der Waals surface area (Å²) in [4.78, 5) is 39.7. The van der Waals surface area contributed by atoms with Crippen molar-refractivity contribution in [2.45, 2.75) is 39.3 Å². The van der Waals surface area contributed by atoms with Crippen molar-refractivity contribution in [2.24, 2.45) is 0 Å². The van der Waals surface area contributed by atoms with Gasteiger partial charge < -0.3 is 14.6 Å². The molecule has 2 aromatic heterocycles. The minimum atomic E-state index is -1.15. The van der Waals surface area contributed by atoms with Gasteiger partial charge in [0.1, 0.15) is 11.3 Å². The summed E-state index contributed by atoms with van der Waals surface area (Å²) < 4.78 is 7.30. The van der Waals surface area contributed by atoms with Crippen molar-refractivity contribution in [3.8, 4) is 5.75 Å². The monoisotopic (exact) mass is 465 g/mol. The van der Waals surface area contributed by atoms with E-state index in [2.05, 4.69) is 9.88 Å². The quantitative estimate of drug-likeness (QED) is 0.402. The Hall–Kier alpha value is -3.39. The van der Waals surface area contributed by atoms with Crippen molar-refractivity contribution in [3.05, 3.63) is 75.2 Å². The van der Waals surface area contributed by atoms with Gasteiger partial charge in [-0.1, -0.05) is 12.1 Å². The first-order valence-electron chi connectivity index (χ1n) is 10.7. The van der Waals surface area contributed by atoms with E-state index in [0.717, 1.165) is 40.6 Å². The Morgan fingerprint density at radius 1 is 1.15 bits per heavy atom. The highest BCUT2D eigenvalue weighted by molar-refractivity contribution is 7.08. The number of rotatable bonds is 8. The number of imide groups is 1. The van der Waals surface area contributed by atoms with Gasteiger partial charge in [0.15, 0.2) is 5.78 Å². The van der Waals surface area contributed by atoms with Crippen LogP contribution in [0.4, 0.5) is 4.79 Å². The van der Waals surface area contributed by atoms with Gasteiger partial charge >= 0.3 is 6.03 Å². The Bertz CT molecular complexity index is 1200. The third kappa shape index (κ3) is 4.18. The van der Waals surface area contributed by atoms with Crippen molar-refractivity contribution in [1.82, 2.24) is 14.8 Å². The van der Waals surface area contributed by atoms with Crippen LogP contribution in [0.1, 0.15) is 39.8 Å². The second-order valence-corrected chi connectivity index (χ2v) is 9.20. The normalized spacial score (nSPS) is 18.0. The number of benzene rings is 1. The lowest BCUT2D eigenvalue weighted by molar-refractivity contribution is -0.130. The Kier molecular flexibility index (Phi) is 6.12. The summed E-state index contributed by atoms with van der Waals surface area (Å²) in [5.74, 6) is 0.153. The Labute approximate surface area is 197 Å². The SMILES string of the molecule is COc1ccc(CCn2c(C)cc(C(=O)CN3C(=O)NC(C)(c4ccsc4)C3=O)c2C)cc1. The smallest absolute Gasteiger partial charge is 0.325 e. The average molecular weight is 466 g/mol. The van der Waals surface area contributed by atoms with E-state index in [1.165, 1.54) is 16.9 Å². The number of nitrogens with zero attached hydrogens (tertiary/aromatic N) is 2. The van der Waals surface area contributed by atoms with Gasteiger partial charge in [-0.05, 0) is 73.3 Å². The summed E-state index contributed by atoms with van der Waals surface area (Å²) in [6.07, 6.45) is 0.806. The van der Waals surface area contributed by atoms with Crippen molar-refractivity contribution >= 4 is 29.1 Å². The maximum atomic E-state index is 13.1. The topological polar surface area (TPSA) is 80.6 Å². The predicted molar refractivity (Wildman–Crippen MR) is 127 cm³/mol. The molecule has 1 atom stereocenters. The molecule has 1 aliphatic heterocycles. The number of carbonyl (C=O) groups is 3. The lowest BCUT2D eigenvalue weighted by Crippen LogP contribution is -2.41. The number of amides is 3. The van der Waals surface area contributed by atoms with Gasteiger partial charge in [-0.15, -0.1) is 0 Å². The number of thiophene rings is 1. The number of hydrogen-bond donors (Lipinski definition) is 1. The third-order valence-corrected chi connectivity index (χ3v) is 7.02. The molecule has 4 rings (SSSR count). The van der Waals surface area contributed by atoms with Gasteiger partial charge in [0.05, 0.1) is 13.7 Å². The minimum Gasteiger partial charge on any atom is -0.497 e. The van der Waals surface area contributed by atoms with E-state index in [0.29, 0.717) is 5.56 Å². The highest BCUT2D eigenvalue weighted by Gasteiger charge is 2.49. The van der Waals surface area contributed by atoms with Crippen LogP contribution in [0.5, 0.6) is 5.75 Å². The number of nitrogens with one attached hydrogen (secondary N) is 1. The zero-order valence-corrected chi connectivity index (χ0v) is 20.0. The molecule has 3 aromatic rings. The minimum absolute atomic E-state index is 0.253. The van der Waals surface area contributed by atoms with Gasteiger partial charge in [0, 0.05) is 23.5 Å². The van der Waals surface area contributed by atoms with Crippen LogP contribution >= 0.6 is 11.3 Å². The lowest BCUT2D eigenvalue weighted by Gasteiger charge is -2.20. The van der Waals surface area contributed by atoms with Gasteiger partial charge in [-0.2, -0.15) is 11.3 Å². The van der Waals surface area contributed by atoms with E-state index in [1.807, 2.05) is 61.0 Å². The molecule has 0 spiro atoms. The fourth-order valence-corrected chi connectivity index (χ4v) is 5.04. The molecule has 172 valence electrons. The number of hydrogen-bond acceptors (Lipinski definition) is 5. The van der Waals surface area contributed by atoms with Crippen LogP contribution < -0.4 is 10.1 Å². The first kappa shape index (κ1) is 22.8. The summed E-state index contributed by atoms with van der Waals surface area (Å²) in [5, 5.41) is 6.43. The molecule has 1 aromatic carbocycles. The zero-order valence-electron chi connectivity index (χ0n) is 19.2. The van der Waals surface area contributed by atoms with E-state index in [4.69, 9.17) is 4.74 Å². The fourth-order valence-electron chi connectivity index (χ4n) is 4.27. The Balaban J connectivity index is 1.47. The number of aryl methyl sites for hydroxylation is 2. The second kappa shape index (κ2) is 8.86. The first-order chi connectivity index (χ1) is 15.7. The standard InChI is InChI=1S/C25H27N3O4S/c1-16-13-21(17(2)27(16)11-9-18-5-7-20(32-4)8-6-18)22(29)14-28-23(30)25(3,26-24(28)31)19-10-12-33-15-19/h5-8,10,12-13,15H,9,11,14H2,1-4H3,(H,26,31). The van der Waals surface area contributed by atoms with Gasteiger partial charge in [0.2, 0.25) is 0 Å². The average Bonchev–Trinajstić information content (AvgIpc) is 3.49. The zero-order chi connectivity index (χ0) is 23.8. The molecule has 7 nitrogen and oxygen atoms in total. The van der Waals surface area contributed by atoms with E-state index < -0.39 is 17.5 Å². The van der Waals surface area contributed by atoms with Crippen molar-refractivity contribution in [2.75, 3.05) is 13.7 Å². The van der Waals surface area contributed by atoms with Crippen LogP contribution in [-0.2, 0) is 23.3 Å². The summed E-state index contributed by atoms with van der Waals surface area (Å²) in [5.41, 5.74) is 3.07. The number of Topliss-reactive ketones (excluding diaryl/α,β-unsaturated/α-hetero) is 1. The highest BCUT2D eigenvalue weighted by atomic mass is 32.1. The van der Waals surface area contributed by atoms with Crippen LogP contribution in [0.15, 0.2) is 47.2 Å². The maximum Gasteiger partial charge on any atom is 0.325 e. The number of aromatic nitrogens is 1.